The number of aliphatic hydroxyl groups excluding tert-OH is 2. The van der Waals surface area contributed by atoms with E-state index in [-0.39, 0.29) is 6.61 Å². The van der Waals surface area contributed by atoms with Crippen LogP contribution in [0.5, 0.6) is 0 Å². The highest BCUT2D eigenvalue weighted by Crippen LogP contribution is 2.25. The summed E-state index contributed by atoms with van der Waals surface area (Å²) in [5, 5.41) is 27.0. The van der Waals surface area contributed by atoms with Crippen molar-refractivity contribution in [2.75, 3.05) is 12.4 Å². The van der Waals surface area contributed by atoms with Crippen molar-refractivity contribution >= 4 is 11.8 Å². The predicted molar refractivity (Wildman–Crippen MR) is 62.2 cm³/mol. The molecule has 2 N–H and O–H groups in total. The molecule has 86 valence electrons. The van der Waals surface area contributed by atoms with Gasteiger partial charge in [0.1, 0.15) is 6.07 Å². The van der Waals surface area contributed by atoms with Crippen molar-refractivity contribution in [3.8, 4) is 6.07 Å². The molecule has 0 saturated carbocycles. The number of rotatable bonds is 4. The van der Waals surface area contributed by atoms with Crippen LogP contribution in [0, 0.1) is 25.2 Å². The smallest absolute Gasteiger partial charge is 0.102 e. The van der Waals surface area contributed by atoms with Gasteiger partial charge in [-0.1, -0.05) is 0 Å². The third-order valence-electron chi connectivity index (χ3n) is 2.05. The predicted octanol–water partition coefficient (Wildman–Crippen LogP) is 1.02. The number of nitriles is 1. The van der Waals surface area contributed by atoms with E-state index in [2.05, 4.69) is 11.1 Å². The molecule has 0 amide bonds. The first-order valence-corrected chi connectivity index (χ1v) is 5.87. The summed E-state index contributed by atoms with van der Waals surface area (Å²) in [5.41, 5.74) is 2.08. The average Bonchev–Trinajstić information content (AvgIpc) is 2.25. The van der Waals surface area contributed by atoms with Crippen LogP contribution in [0.15, 0.2) is 11.0 Å². The lowest BCUT2D eigenvalue weighted by molar-refractivity contribution is 0.113. The van der Waals surface area contributed by atoms with Gasteiger partial charge in [0, 0.05) is 16.3 Å². The molecular formula is C11H14N2O2S. The molecule has 5 heteroatoms. The van der Waals surface area contributed by atoms with Crippen LogP contribution < -0.4 is 0 Å². The summed E-state index contributed by atoms with van der Waals surface area (Å²) >= 11 is 1.36. The summed E-state index contributed by atoms with van der Waals surface area (Å²) in [6, 6.07) is 3.93. The van der Waals surface area contributed by atoms with Crippen LogP contribution in [0.2, 0.25) is 0 Å². The van der Waals surface area contributed by atoms with E-state index in [0.29, 0.717) is 17.0 Å². The van der Waals surface area contributed by atoms with E-state index in [4.69, 9.17) is 10.4 Å². The Bertz CT molecular complexity index is 415. The van der Waals surface area contributed by atoms with Crippen LogP contribution in [0.1, 0.15) is 17.0 Å². The quantitative estimate of drug-likeness (QED) is 0.766. The molecule has 0 aliphatic rings. The second kappa shape index (κ2) is 5.85. The second-order valence-corrected chi connectivity index (χ2v) is 4.54. The van der Waals surface area contributed by atoms with Gasteiger partial charge >= 0.3 is 0 Å². The molecular weight excluding hydrogens is 224 g/mol. The monoisotopic (exact) mass is 238 g/mol. The number of hydrogen-bond acceptors (Lipinski definition) is 5. The summed E-state index contributed by atoms with van der Waals surface area (Å²) < 4.78 is 0. The molecule has 0 fully saturated rings. The standard InChI is InChI=1S/C11H14N2O2S/c1-7-3-11(16-6-9(15)5-14)10(4-12)8(2)13-7/h3,9,14-15H,5-6H2,1-2H3. The van der Waals surface area contributed by atoms with E-state index >= 15 is 0 Å². The number of aliphatic hydroxyl groups is 2. The minimum absolute atomic E-state index is 0.266. The van der Waals surface area contributed by atoms with E-state index < -0.39 is 6.10 Å². The summed E-state index contributed by atoms with van der Waals surface area (Å²) in [4.78, 5) is 5.01. The number of pyridine rings is 1. The van der Waals surface area contributed by atoms with E-state index in [0.717, 1.165) is 10.6 Å². The maximum absolute atomic E-state index is 9.25. The average molecular weight is 238 g/mol. The molecule has 16 heavy (non-hydrogen) atoms. The molecule has 1 rings (SSSR count). The van der Waals surface area contributed by atoms with Crippen molar-refractivity contribution in [3.05, 3.63) is 23.0 Å². The van der Waals surface area contributed by atoms with Gasteiger partial charge in [0.25, 0.3) is 0 Å². The topological polar surface area (TPSA) is 77.1 Å². The minimum Gasteiger partial charge on any atom is -0.394 e. The molecule has 1 aromatic heterocycles. The number of aryl methyl sites for hydroxylation is 2. The van der Waals surface area contributed by atoms with Crippen LogP contribution >= 0.6 is 11.8 Å². The van der Waals surface area contributed by atoms with Gasteiger partial charge in [-0.05, 0) is 19.9 Å². The SMILES string of the molecule is Cc1cc(SCC(O)CO)c(C#N)c(C)n1. The minimum atomic E-state index is -0.759. The molecule has 0 aliphatic carbocycles. The van der Waals surface area contributed by atoms with Gasteiger partial charge in [-0.2, -0.15) is 5.26 Å². The third-order valence-corrected chi connectivity index (χ3v) is 3.23. The Hall–Kier alpha value is -1.09. The normalized spacial score (nSPS) is 12.2. The zero-order chi connectivity index (χ0) is 12.1. The Balaban J connectivity index is 2.91. The van der Waals surface area contributed by atoms with Crippen molar-refractivity contribution in [2.45, 2.75) is 24.8 Å². The first-order valence-electron chi connectivity index (χ1n) is 4.88. The van der Waals surface area contributed by atoms with Crippen LogP contribution in [0.25, 0.3) is 0 Å². The van der Waals surface area contributed by atoms with Crippen LogP contribution in [-0.2, 0) is 0 Å². The van der Waals surface area contributed by atoms with Gasteiger partial charge in [0.15, 0.2) is 0 Å². The van der Waals surface area contributed by atoms with Crippen LogP contribution in [0.3, 0.4) is 0 Å². The van der Waals surface area contributed by atoms with Crippen molar-refractivity contribution in [1.82, 2.24) is 4.98 Å². The molecule has 4 nitrogen and oxygen atoms in total. The summed E-state index contributed by atoms with van der Waals surface area (Å²) in [7, 11) is 0. The van der Waals surface area contributed by atoms with Gasteiger partial charge in [0.05, 0.1) is 24.0 Å². The summed E-state index contributed by atoms with van der Waals surface area (Å²) in [6.45, 7) is 3.39. The fourth-order valence-electron chi connectivity index (χ4n) is 1.28. The van der Waals surface area contributed by atoms with Gasteiger partial charge in [-0.15, -0.1) is 11.8 Å². The Morgan fingerprint density at radius 2 is 2.25 bits per heavy atom. The van der Waals surface area contributed by atoms with Gasteiger partial charge in [-0.25, -0.2) is 0 Å². The fraction of sp³-hybridized carbons (Fsp3) is 0.455. The second-order valence-electron chi connectivity index (χ2n) is 3.48. The molecule has 1 unspecified atom stereocenters. The maximum Gasteiger partial charge on any atom is 0.102 e. The summed E-state index contributed by atoms with van der Waals surface area (Å²) in [6.07, 6.45) is -0.759. The van der Waals surface area contributed by atoms with Crippen LogP contribution in [0.4, 0.5) is 0 Å². The molecule has 1 heterocycles. The lowest BCUT2D eigenvalue weighted by Crippen LogP contribution is -2.14. The van der Waals surface area contributed by atoms with E-state index in [1.54, 1.807) is 6.92 Å². The lowest BCUT2D eigenvalue weighted by Gasteiger charge is -2.09. The first kappa shape index (κ1) is 13.0. The van der Waals surface area contributed by atoms with Gasteiger partial charge in [0.2, 0.25) is 0 Å². The number of hydrogen-bond donors (Lipinski definition) is 2. The molecule has 0 saturated heterocycles. The van der Waals surface area contributed by atoms with E-state index in [9.17, 15) is 5.11 Å². The lowest BCUT2D eigenvalue weighted by atomic mass is 10.2. The number of aromatic nitrogens is 1. The molecule has 0 spiro atoms. The largest absolute Gasteiger partial charge is 0.394 e. The Kier molecular flexibility index (Phi) is 4.74. The van der Waals surface area contributed by atoms with Crippen molar-refractivity contribution in [1.29, 1.82) is 5.26 Å². The highest BCUT2D eigenvalue weighted by atomic mass is 32.2. The van der Waals surface area contributed by atoms with Gasteiger partial charge in [-0.3, -0.25) is 4.98 Å². The number of thioether (sulfide) groups is 1. The zero-order valence-corrected chi connectivity index (χ0v) is 10.1. The molecule has 0 radical (unpaired) electrons. The Morgan fingerprint density at radius 1 is 1.56 bits per heavy atom. The highest BCUT2D eigenvalue weighted by molar-refractivity contribution is 7.99. The highest BCUT2D eigenvalue weighted by Gasteiger charge is 2.10. The molecule has 1 atom stereocenters. The van der Waals surface area contributed by atoms with E-state index in [1.165, 1.54) is 11.8 Å². The maximum atomic E-state index is 9.25. The molecule has 0 aromatic carbocycles. The Labute approximate surface area is 98.9 Å². The molecule has 0 bridgehead atoms. The molecule has 0 aliphatic heterocycles. The zero-order valence-electron chi connectivity index (χ0n) is 9.27. The Morgan fingerprint density at radius 3 is 2.81 bits per heavy atom. The first-order chi connectivity index (χ1) is 7.58. The van der Waals surface area contributed by atoms with Crippen molar-refractivity contribution < 1.29 is 10.2 Å². The van der Waals surface area contributed by atoms with Crippen molar-refractivity contribution in [3.63, 3.8) is 0 Å². The summed E-state index contributed by atoms with van der Waals surface area (Å²) in [5.74, 6) is 0.369. The van der Waals surface area contributed by atoms with E-state index in [1.807, 2.05) is 13.0 Å². The van der Waals surface area contributed by atoms with Crippen LogP contribution in [-0.4, -0.2) is 33.7 Å². The van der Waals surface area contributed by atoms with Crippen molar-refractivity contribution in [2.24, 2.45) is 0 Å². The fourth-order valence-corrected chi connectivity index (χ4v) is 2.35. The van der Waals surface area contributed by atoms with Gasteiger partial charge < -0.3 is 10.2 Å². The molecule has 1 aromatic rings. The number of nitrogens with zero attached hydrogens (tertiary/aromatic N) is 2. The third kappa shape index (κ3) is 3.20.